The first kappa shape index (κ1) is 25.7. The third-order valence-corrected chi connectivity index (χ3v) is 7.68. The number of benzene rings is 2. The van der Waals surface area contributed by atoms with Crippen molar-refractivity contribution in [3.05, 3.63) is 58.1 Å². The third-order valence-electron chi connectivity index (χ3n) is 7.13. The van der Waals surface area contributed by atoms with Crippen LogP contribution in [-0.2, 0) is 0 Å². The smallest absolute Gasteiger partial charge is 0.255 e. The molecule has 1 saturated heterocycles. The van der Waals surface area contributed by atoms with Crippen LogP contribution < -0.4 is 5.32 Å². The highest BCUT2D eigenvalue weighted by Gasteiger charge is 2.29. The topological polar surface area (TPSA) is 90.0 Å². The van der Waals surface area contributed by atoms with Crippen LogP contribution in [-0.4, -0.2) is 68.4 Å². The van der Waals surface area contributed by atoms with Gasteiger partial charge in [0.15, 0.2) is 0 Å². The first-order valence-corrected chi connectivity index (χ1v) is 13.4. The molecule has 0 radical (unpaired) electrons. The number of likely N-dealkylation sites (N-methyl/N-ethyl adjacent to an activating group) is 1. The molecule has 2 aromatic heterocycles. The molecule has 3 heterocycles. The minimum Gasteiger partial charge on any atom is -0.360 e. The van der Waals surface area contributed by atoms with Crippen LogP contribution in [0.5, 0.6) is 0 Å². The Hall–Kier alpha value is -2.94. The van der Waals surface area contributed by atoms with Crippen molar-refractivity contribution in [3.63, 3.8) is 0 Å². The number of hydrogen-bond acceptors (Lipinski definition) is 6. The van der Waals surface area contributed by atoms with Gasteiger partial charge in [0.2, 0.25) is 0 Å². The lowest BCUT2D eigenvalue weighted by Gasteiger charge is -2.38. The molecule has 4 aromatic rings. The molecule has 1 aliphatic rings. The molecular formula is C27H31Cl2N7O. The summed E-state index contributed by atoms with van der Waals surface area (Å²) in [5.74, 6) is 1.34. The Balaban J connectivity index is 1.41. The van der Waals surface area contributed by atoms with Crippen LogP contribution in [0.15, 0.2) is 36.7 Å². The molecule has 1 aliphatic heterocycles. The second-order valence-electron chi connectivity index (χ2n) is 9.72. The van der Waals surface area contributed by atoms with E-state index in [0.29, 0.717) is 26.9 Å². The summed E-state index contributed by atoms with van der Waals surface area (Å²) in [5, 5.41) is 5.20. The van der Waals surface area contributed by atoms with Crippen LogP contribution in [0.1, 0.15) is 55.3 Å². The number of nitrogens with zero attached hydrogens (tertiary/aromatic N) is 5. The van der Waals surface area contributed by atoms with Crippen molar-refractivity contribution in [2.24, 2.45) is 0 Å². The number of anilines is 1. The van der Waals surface area contributed by atoms with Crippen molar-refractivity contribution in [2.75, 3.05) is 32.0 Å². The number of likely N-dealkylation sites (tertiary alicyclic amines) is 1. The van der Waals surface area contributed by atoms with Crippen LogP contribution in [0.3, 0.4) is 0 Å². The molecule has 2 aromatic carbocycles. The van der Waals surface area contributed by atoms with Gasteiger partial charge >= 0.3 is 0 Å². The highest BCUT2D eigenvalue weighted by molar-refractivity contribution is 6.35. The van der Waals surface area contributed by atoms with Crippen molar-refractivity contribution in [2.45, 2.75) is 45.2 Å². The molecule has 5 rings (SSSR count). The molecule has 2 atom stereocenters. The summed E-state index contributed by atoms with van der Waals surface area (Å²) in [6.45, 7) is 6.67. The zero-order valence-electron chi connectivity index (χ0n) is 21.3. The zero-order chi connectivity index (χ0) is 26.1. The largest absolute Gasteiger partial charge is 0.360 e. The van der Waals surface area contributed by atoms with Gasteiger partial charge in [0.1, 0.15) is 18.0 Å². The van der Waals surface area contributed by atoms with E-state index in [-0.39, 0.29) is 18.0 Å². The number of imidazole rings is 1. The normalized spacial score (nSPS) is 17.0. The van der Waals surface area contributed by atoms with E-state index in [9.17, 15) is 4.79 Å². The summed E-state index contributed by atoms with van der Waals surface area (Å²) >= 11 is 12.8. The monoisotopic (exact) mass is 539 g/mol. The Morgan fingerprint density at radius 3 is 2.86 bits per heavy atom. The molecule has 0 aliphatic carbocycles. The number of aromatic nitrogens is 4. The van der Waals surface area contributed by atoms with Crippen molar-refractivity contribution >= 4 is 56.9 Å². The average molecular weight is 540 g/mol. The molecule has 194 valence electrons. The van der Waals surface area contributed by atoms with Crippen LogP contribution in [0.4, 0.5) is 5.82 Å². The summed E-state index contributed by atoms with van der Waals surface area (Å²) in [5.41, 5.74) is 2.85. The molecule has 0 unspecified atom stereocenters. The molecular weight excluding hydrogens is 509 g/mol. The second-order valence-corrected chi connectivity index (χ2v) is 10.6. The molecule has 0 saturated carbocycles. The number of rotatable bonds is 7. The number of nitrogens with one attached hydrogen (secondary N) is 2. The summed E-state index contributed by atoms with van der Waals surface area (Å²) in [4.78, 5) is 34.8. The van der Waals surface area contributed by atoms with E-state index in [1.54, 1.807) is 12.1 Å². The third kappa shape index (κ3) is 5.37. The number of carbonyl (C=O) groups is 1. The fourth-order valence-corrected chi connectivity index (χ4v) is 5.34. The van der Waals surface area contributed by atoms with E-state index in [4.69, 9.17) is 23.2 Å². The van der Waals surface area contributed by atoms with Gasteiger partial charge in [-0.05, 0) is 70.1 Å². The van der Waals surface area contributed by atoms with Gasteiger partial charge in [-0.3, -0.25) is 4.79 Å². The summed E-state index contributed by atoms with van der Waals surface area (Å²) in [6.07, 6.45) is 4.64. The van der Waals surface area contributed by atoms with Crippen molar-refractivity contribution < 1.29 is 4.79 Å². The SMILES string of the molecule is CCN(C)C[C@@H]1CCCCN1C(=O)c1cc2ncnc(N[C@@H](C)c3nc4cc(Cl)ccc4[nH]3)c2cc1Cl. The summed E-state index contributed by atoms with van der Waals surface area (Å²) in [7, 11) is 2.09. The van der Waals surface area contributed by atoms with Gasteiger partial charge in [0, 0.05) is 29.5 Å². The Labute approximate surface area is 226 Å². The maximum Gasteiger partial charge on any atom is 0.255 e. The molecule has 8 nitrogen and oxygen atoms in total. The number of aromatic amines is 1. The standard InChI is InChI=1S/C27H31Cl2N7O/c1-4-35(3)14-18-7-5-6-10-36(18)27(37)19-13-23-20(12-21(19)29)26(31-15-30-23)32-16(2)25-33-22-9-8-17(28)11-24(22)34-25/h8-9,11-13,15-16,18H,4-7,10,14H2,1-3H3,(H,33,34)(H,30,31,32)/t16-,18-/m0/s1. The highest BCUT2D eigenvalue weighted by atomic mass is 35.5. The van der Waals surface area contributed by atoms with Crippen LogP contribution in [0.2, 0.25) is 10.0 Å². The van der Waals surface area contributed by atoms with Crippen LogP contribution in [0, 0.1) is 0 Å². The van der Waals surface area contributed by atoms with E-state index in [0.717, 1.165) is 61.1 Å². The number of fused-ring (bicyclic) bond motifs is 2. The molecule has 2 N–H and O–H groups in total. The lowest BCUT2D eigenvalue weighted by Crippen LogP contribution is -2.48. The molecule has 37 heavy (non-hydrogen) atoms. The Morgan fingerprint density at radius 2 is 2.05 bits per heavy atom. The number of halogens is 2. The Bertz CT molecular complexity index is 1440. The number of amides is 1. The highest BCUT2D eigenvalue weighted by Crippen LogP contribution is 2.31. The first-order valence-electron chi connectivity index (χ1n) is 12.7. The molecule has 1 fully saturated rings. The van der Waals surface area contributed by atoms with Gasteiger partial charge in [0.25, 0.3) is 5.91 Å². The van der Waals surface area contributed by atoms with Gasteiger partial charge in [-0.25, -0.2) is 15.0 Å². The van der Waals surface area contributed by atoms with Gasteiger partial charge in [-0.1, -0.05) is 30.1 Å². The van der Waals surface area contributed by atoms with E-state index in [2.05, 4.69) is 44.1 Å². The lowest BCUT2D eigenvalue weighted by molar-refractivity contribution is 0.0565. The Kier molecular flexibility index (Phi) is 7.51. The summed E-state index contributed by atoms with van der Waals surface area (Å²) < 4.78 is 0. The average Bonchev–Trinajstić information content (AvgIpc) is 3.32. The molecule has 0 bridgehead atoms. The minimum absolute atomic E-state index is 0.0384. The summed E-state index contributed by atoms with van der Waals surface area (Å²) in [6, 6.07) is 9.15. The minimum atomic E-state index is -0.172. The maximum absolute atomic E-state index is 13.6. The maximum atomic E-state index is 13.6. The van der Waals surface area contributed by atoms with Gasteiger partial charge in [-0.15, -0.1) is 0 Å². The lowest BCUT2D eigenvalue weighted by atomic mass is 9.99. The van der Waals surface area contributed by atoms with Crippen molar-refractivity contribution in [3.8, 4) is 0 Å². The van der Waals surface area contributed by atoms with E-state index in [1.807, 2.05) is 30.0 Å². The predicted molar refractivity (Wildman–Crippen MR) is 150 cm³/mol. The van der Waals surface area contributed by atoms with E-state index >= 15 is 0 Å². The van der Waals surface area contributed by atoms with Gasteiger partial charge in [-0.2, -0.15) is 0 Å². The molecule has 10 heteroatoms. The Morgan fingerprint density at radius 1 is 1.22 bits per heavy atom. The number of piperidine rings is 1. The second kappa shape index (κ2) is 10.8. The van der Waals surface area contributed by atoms with Crippen molar-refractivity contribution in [1.29, 1.82) is 0 Å². The van der Waals surface area contributed by atoms with E-state index < -0.39 is 0 Å². The van der Waals surface area contributed by atoms with Gasteiger partial charge in [0.05, 0.1) is 33.2 Å². The van der Waals surface area contributed by atoms with E-state index in [1.165, 1.54) is 6.33 Å². The first-order chi connectivity index (χ1) is 17.8. The zero-order valence-corrected chi connectivity index (χ0v) is 22.8. The van der Waals surface area contributed by atoms with Crippen LogP contribution >= 0.6 is 23.2 Å². The molecule has 0 spiro atoms. The predicted octanol–water partition coefficient (Wildman–Crippen LogP) is 5.93. The fourth-order valence-electron chi connectivity index (χ4n) is 4.93. The number of H-pyrrole nitrogens is 1. The quantitative estimate of drug-likeness (QED) is 0.302. The van der Waals surface area contributed by atoms with Gasteiger partial charge < -0.3 is 20.1 Å². The fraction of sp³-hybridized carbons (Fsp3) is 0.407. The van der Waals surface area contributed by atoms with Crippen LogP contribution in [0.25, 0.3) is 21.9 Å². The molecule has 1 amide bonds. The van der Waals surface area contributed by atoms with Crippen molar-refractivity contribution in [1.82, 2.24) is 29.7 Å². The number of hydrogen-bond donors (Lipinski definition) is 2. The number of carbonyl (C=O) groups excluding carboxylic acids is 1.